The predicted molar refractivity (Wildman–Crippen MR) is 95.1 cm³/mol. The molecule has 0 spiro atoms. The maximum Gasteiger partial charge on any atom is 0.232 e. The van der Waals surface area contributed by atoms with Crippen molar-refractivity contribution in [1.29, 1.82) is 0 Å². The van der Waals surface area contributed by atoms with E-state index in [9.17, 15) is 4.79 Å². The van der Waals surface area contributed by atoms with E-state index < -0.39 is 0 Å². The Morgan fingerprint density at radius 3 is 2.55 bits per heavy atom. The van der Waals surface area contributed by atoms with Crippen LogP contribution in [0.2, 0.25) is 0 Å². The Morgan fingerprint density at radius 1 is 1.18 bits per heavy atom. The lowest BCUT2D eigenvalue weighted by Crippen LogP contribution is -2.40. The summed E-state index contributed by atoms with van der Waals surface area (Å²) in [6.07, 6.45) is 0. The van der Waals surface area contributed by atoms with Gasteiger partial charge in [0, 0.05) is 18.5 Å². The number of benzene rings is 2. The molecule has 0 heterocycles. The molecule has 0 bridgehead atoms. The fourth-order valence-electron chi connectivity index (χ4n) is 2.31. The Bertz CT molecular complexity index is 654. The average Bonchev–Trinajstić information content (AvgIpc) is 2.52. The fraction of sp³-hybridized carbons (Fsp3) is 0.389. The van der Waals surface area contributed by atoms with E-state index in [1.165, 1.54) is 10.8 Å². The van der Waals surface area contributed by atoms with Crippen molar-refractivity contribution in [3.8, 4) is 0 Å². The van der Waals surface area contributed by atoms with Gasteiger partial charge in [-0.2, -0.15) is 0 Å². The van der Waals surface area contributed by atoms with E-state index in [4.69, 9.17) is 5.73 Å². The summed E-state index contributed by atoms with van der Waals surface area (Å²) in [7, 11) is 1.85. The minimum Gasteiger partial charge on any atom is -0.344 e. The largest absolute Gasteiger partial charge is 0.344 e. The smallest absolute Gasteiger partial charge is 0.232 e. The summed E-state index contributed by atoms with van der Waals surface area (Å²) in [6, 6.07) is 14.6. The Balaban J connectivity index is 1.94. The van der Waals surface area contributed by atoms with Crippen molar-refractivity contribution in [2.45, 2.75) is 18.7 Å². The third kappa shape index (κ3) is 4.49. The SMILES string of the molecule is CN(CC(C)(C)CN)C(=O)CSc1ccc2ccccc2c1. The minimum absolute atomic E-state index is 0.0436. The van der Waals surface area contributed by atoms with Gasteiger partial charge in [-0.05, 0) is 34.9 Å². The van der Waals surface area contributed by atoms with Gasteiger partial charge in [0.05, 0.1) is 5.75 Å². The van der Waals surface area contributed by atoms with E-state index in [1.807, 2.05) is 19.2 Å². The first-order valence-electron chi connectivity index (χ1n) is 7.47. The third-order valence-corrected chi connectivity index (χ3v) is 4.71. The fourth-order valence-corrected chi connectivity index (χ4v) is 3.19. The zero-order chi connectivity index (χ0) is 16.2. The molecule has 0 atom stereocenters. The van der Waals surface area contributed by atoms with Crippen LogP contribution in [0.3, 0.4) is 0 Å². The van der Waals surface area contributed by atoms with Crippen molar-refractivity contribution < 1.29 is 4.79 Å². The molecule has 0 radical (unpaired) electrons. The number of nitrogens with zero attached hydrogens (tertiary/aromatic N) is 1. The van der Waals surface area contributed by atoms with Gasteiger partial charge >= 0.3 is 0 Å². The Hall–Kier alpha value is -1.52. The molecule has 0 aromatic heterocycles. The highest BCUT2D eigenvalue weighted by atomic mass is 32.2. The molecule has 4 heteroatoms. The second-order valence-corrected chi connectivity index (χ2v) is 7.46. The summed E-state index contributed by atoms with van der Waals surface area (Å²) < 4.78 is 0. The number of amides is 1. The molecule has 0 unspecified atom stereocenters. The number of carbonyl (C=O) groups excluding carboxylic acids is 1. The van der Waals surface area contributed by atoms with Crippen LogP contribution in [0.1, 0.15) is 13.8 Å². The molecule has 2 aromatic carbocycles. The van der Waals surface area contributed by atoms with Gasteiger partial charge in [0.2, 0.25) is 5.91 Å². The molecule has 0 saturated carbocycles. The summed E-state index contributed by atoms with van der Waals surface area (Å²) in [5, 5.41) is 2.43. The number of hydrogen-bond acceptors (Lipinski definition) is 3. The van der Waals surface area contributed by atoms with Gasteiger partial charge in [-0.25, -0.2) is 0 Å². The van der Waals surface area contributed by atoms with Crippen LogP contribution < -0.4 is 5.73 Å². The summed E-state index contributed by atoms with van der Waals surface area (Å²) in [6.45, 7) is 5.41. The summed E-state index contributed by atoms with van der Waals surface area (Å²) in [5.41, 5.74) is 5.69. The summed E-state index contributed by atoms with van der Waals surface area (Å²) >= 11 is 1.58. The standard InChI is InChI=1S/C18H24N2OS/c1-18(2,12-19)13-20(3)17(21)11-22-16-9-8-14-6-4-5-7-15(14)10-16/h4-10H,11-13,19H2,1-3H3. The molecule has 0 aliphatic heterocycles. The Morgan fingerprint density at radius 2 is 1.86 bits per heavy atom. The van der Waals surface area contributed by atoms with Gasteiger partial charge in [0.15, 0.2) is 0 Å². The Labute approximate surface area is 136 Å². The molecule has 3 nitrogen and oxygen atoms in total. The zero-order valence-electron chi connectivity index (χ0n) is 13.5. The Kier molecular flexibility index (Phi) is 5.48. The first kappa shape index (κ1) is 16.8. The van der Waals surface area contributed by atoms with Crippen LogP contribution in [0.15, 0.2) is 47.4 Å². The van der Waals surface area contributed by atoms with Gasteiger partial charge < -0.3 is 10.6 Å². The number of thioether (sulfide) groups is 1. The lowest BCUT2D eigenvalue weighted by molar-refractivity contribution is -0.128. The molecule has 1 amide bonds. The average molecular weight is 316 g/mol. The van der Waals surface area contributed by atoms with E-state index in [0.29, 0.717) is 18.8 Å². The highest BCUT2D eigenvalue weighted by Gasteiger charge is 2.21. The highest BCUT2D eigenvalue weighted by molar-refractivity contribution is 8.00. The summed E-state index contributed by atoms with van der Waals surface area (Å²) in [5.74, 6) is 0.592. The van der Waals surface area contributed by atoms with Crippen molar-refractivity contribution in [3.05, 3.63) is 42.5 Å². The summed E-state index contributed by atoms with van der Waals surface area (Å²) in [4.78, 5) is 15.1. The molecule has 118 valence electrons. The van der Waals surface area contributed by atoms with Crippen LogP contribution in [0.4, 0.5) is 0 Å². The van der Waals surface area contributed by atoms with E-state index in [1.54, 1.807) is 16.7 Å². The van der Waals surface area contributed by atoms with Crippen molar-refractivity contribution in [1.82, 2.24) is 4.90 Å². The molecule has 0 aliphatic carbocycles. The topological polar surface area (TPSA) is 46.3 Å². The van der Waals surface area contributed by atoms with Crippen LogP contribution in [-0.4, -0.2) is 36.7 Å². The number of carbonyl (C=O) groups is 1. The number of rotatable bonds is 6. The van der Waals surface area contributed by atoms with Gasteiger partial charge in [-0.15, -0.1) is 11.8 Å². The molecule has 0 saturated heterocycles. The molecule has 22 heavy (non-hydrogen) atoms. The van der Waals surface area contributed by atoms with Crippen LogP contribution in [-0.2, 0) is 4.79 Å². The molecule has 2 rings (SSSR count). The maximum atomic E-state index is 12.2. The monoisotopic (exact) mass is 316 g/mol. The van der Waals surface area contributed by atoms with E-state index in [0.717, 1.165) is 4.90 Å². The van der Waals surface area contributed by atoms with Crippen LogP contribution in [0.5, 0.6) is 0 Å². The normalized spacial score (nSPS) is 11.6. The predicted octanol–water partition coefficient (Wildman–Crippen LogP) is 3.38. The van der Waals surface area contributed by atoms with Crippen LogP contribution >= 0.6 is 11.8 Å². The zero-order valence-corrected chi connectivity index (χ0v) is 14.3. The van der Waals surface area contributed by atoms with Gasteiger partial charge in [0.25, 0.3) is 0 Å². The van der Waals surface area contributed by atoms with Crippen molar-refractivity contribution >= 4 is 28.4 Å². The lowest BCUT2D eigenvalue weighted by Gasteiger charge is -2.29. The molecular formula is C18H24N2OS. The van der Waals surface area contributed by atoms with Gasteiger partial charge in [-0.3, -0.25) is 4.79 Å². The molecule has 0 fully saturated rings. The molecular weight excluding hydrogens is 292 g/mol. The van der Waals surface area contributed by atoms with Crippen molar-refractivity contribution in [2.24, 2.45) is 11.1 Å². The second kappa shape index (κ2) is 7.16. The lowest BCUT2D eigenvalue weighted by atomic mass is 9.93. The van der Waals surface area contributed by atoms with Gasteiger partial charge in [-0.1, -0.05) is 44.2 Å². The van der Waals surface area contributed by atoms with Crippen molar-refractivity contribution in [3.63, 3.8) is 0 Å². The number of hydrogen-bond donors (Lipinski definition) is 1. The van der Waals surface area contributed by atoms with Gasteiger partial charge in [0.1, 0.15) is 0 Å². The van der Waals surface area contributed by atoms with E-state index in [-0.39, 0.29) is 11.3 Å². The maximum absolute atomic E-state index is 12.2. The van der Waals surface area contributed by atoms with E-state index in [2.05, 4.69) is 44.2 Å². The quantitative estimate of drug-likeness (QED) is 0.831. The molecule has 2 aromatic rings. The second-order valence-electron chi connectivity index (χ2n) is 6.42. The van der Waals surface area contributed by atoms with Crippen LogP contribution in [0.25, 0.3) is 10.8 Å². The first-order chi connectivity index (χ1) is 10.4. The van der Waals surface area contributed by atoms with Crippen LogP contribution in [0, 0.1) is 5.41 Å². The molecule has 2 N–H and O–H groups in total. The van der Waals surface area contributed by atoms with E-state index >= 15 is 0 Å². The number of nitrogens with two attached hydrogens (primary N) is 1. The van der Waals surface area contributed by atoms with Crippen molar-refractivity contribution in [2.75, 3.05) is 25.9 Å². The first-order valence-corrected chi connectivity index (χ1v) is 8.45. The minimum atomic E-state index is -0.0436. The third-order valence-electron chi connectivity index (χ3n) is 3.73. The molecule has 0 aliphatic rings. The highest BCUT2D eigenvalue weighted by Crippen LogP contribution is 2.24. The number of fused-ring (bicyclic) bond motifs is 1.